The van der Waals surface area contributed by atoms with Crippen molar-refractivity contribution in [3.63, 3.8) is 0 Å². The molecule has 0 radical (unpaired) electrons. The molecule has 33 heavy (non-hydrogen) atoms. The van der Waals surface area contributed by atoms with Crippen LogP contribution >= 0.6 is 0 Å². The van der Waals surface area contributed by atoms with E-state index in [0.29, 0.717) is 29.9 Å². The summed E-state index contributed by atoms with van der Waals surface area (Å²) in [6, 6.07) is 7.21. The normalized spacial score (nSPS) is 11.5. The van der Waals surface area contributed by atoms with Crippen LogP contribution in [0.1, 0.15) is 30.7 Å². The van der Waals surface area contributed by atoms with E-state index in [1.807, 2.05) is 13.0 Å². The van der Waals surface area contributed by atoms with Gasteiger partial charge in [0.1, 0.15) is 11.4 Å². The molecule has 0 bridgehead atoms. The number of anilines is 1. The second kappa shape index (κ2) is 8.44. The molecule has 9 nitrogen and oxygen atoms in total. The Hall–Kier alpha value is -4.10. The number of hydrogen-bond acceptors (Lipinski definition) is 7. The van der Waals surface area contributed by atoms with E-state index in [0.717, 1.165) is 5.56 Å². The van der Waals surface area contributed by atoms with Crippen molar-refractivity contribution < 1.29 is 9.50 Å². The van der Waals surface area contributed by atoms with Crippen molar-refractivity contribution in [3.05, 3.63) is 59.3 Å². The van der Waals surface area contributed by atoms with Crippen LogP contribution in [-0.2, 0) is 13.1 Å². The van der Waals surface area contributed by atoms with Crippen LogP contribution in [0, 0.1) is 25.1 Å². The number of nitrogen functional groups attached to an aromatic ring is 1. The number of nitrogens with zero attached hydrogens (tertiary/aromatic N) is 7. The summed E-state index contributed by atoms with van der Waals surface area (Å²) >= 11 is 0. The smallest absolute Gasteiger partial charge is 0.193 e. The lowest BCUT2D eigenvalue weighted by Gasteiger charge is -2.16. The van der Waals surface area contributed by atoms with Crippen LogP contribution in [0.25, 0.3) is 22.8 Å². The fourth-order valence-corrected chi connectivity index (χ4v) is 3.41. The summed E-state index contributed by atoms with van der Waals surface area (Å²) in [7, 11) is 0. The molecule has 4 rings (SSSR count). The Bertz CT molecular complexity index is 1360. The van der Waals surface area contributed by atoms with Crippen LogP contribution in [0.15, 0.2) is 36.7 Å². The molecule has 0 saturated heterocycles. The molecule has 0 saturated carbocycles. The third-order valence-corrected chi connectivity index (χ3v) is 4.96. The van der Waals surface area contributed by atoms with Crippen LogP contribution < -0.4 is 5.73 Å². The lowest BCUT2D eigenvalue weighted by atomic mass is 10.0. The Balaban J connectivity index is 1.64. The summed E-state index contributed by atoms with van der Waals surface area (Å²) in [5.74, 6) is 1.80. The number of aromatic nitrogens is 7. The highest BCUT2D eigenvalue weighted by atomic mass is 19.1. The SMILES string of the molecule is C#Cc1cccc(-c2nc(N)c(F)c(-c3cn(Cc4ccn(CC(C)(C)O)n4)nn3)n2)c1C. The molecule has 3 heterocycles. The summed E-state index contributed by atoms with van der Waals surface area (Å²) < 4.78 is 18.0. The molecule has 1 aromatic carbocycles. The lowest BCUT2D eigenvalue weighted by molar-refractivity contribution is 0.0576. The van der Waals surface area contributed by atoms with Gasteiger partial charge in [0.25, 0.3) is 0 Å². The molecule has 10 heteroatoms. The second-order valence-corrected chi connectivity index (χ2v) is 8.34. The van der Waals surface area contributed by atoms with Crippen LogP contribution in [0.5, 0.6) is 0 Å². The molecule has 0 aliphatic rings. The van der Waals surface area contributed by atoms with Crippen molar-refractivity contribution in [1.29, 1.82) is 0 Å². The Morgan fingerprint density at radius 3 is 2.73 bits per heavy atom. The number of nitrogens with two attached hydrogens (primary N) is 1. The Morgan fingerprint density at radius 2 is 2.00 bits per heavy atom. The molecule has 3 aromatic heterocycles. The van der Waals surface area contributed by atoms with Crippen molar-refractivity contribution in [3.8, 4) is 35.1 Å². The Labute approximate surface area is 190 Å². The van der Waals surface area contributed by atoms with Gasteiger partial charge < -0.3 is 10.8 Å². The molecular weight excluding hydrogens is 423 g/mol. The van der Waals surface area contributed by atoms with E-state index < -0.39 is 11.4 Å². The van der Waals surface area contributed by atoms with Crippen molar-refractivity contribution in [2.75, 3.05) is 5.73 Å². The quantitative estimate of drug-likeness (QED) is 0.436. The summed E-state index contributed by atoms with van der Waals surface area (Å²) in [6.07, 6.45) is 8.89. The molecule has 0 amide bonds. The third-order valence-electron chi connectivity index (χ3n) is 4.96. The first-order valence-corrected chi connectivity index (χ1v) is 10.2. The fraction of sp³-hybridized carbons (Fsp3) is 0.261. The second-order valence-electron chi connectivity index (χ2n) is 8.34. The van der Waals surface area contributed by atoms with Gasteiger partial charge in [-0.1, -0.05) is 23.3 Å². The minimum absolute atomic E-state index is 0.0539. The molecule has 0 unspecified atom stereocenters. The topological polar surface area (TPSA) is 121 Å². The van der Waals surface area contributed by atoms with E-state index in [2.05, 4.69) is 31.3 Å². The van der Waals surface area contributed by atoms with Crippen molar-refractivity contribution >= 4 is 5.82 Å². The van der Waals surface area contributed by atoms with Crippen LogP contribution in [0.3, 0.4) is 0 Å². The van der Waals surface area contributed by atoms with Crippen LogP contribution in [0.4, 0.5) is 10.2 Å². The number of terminal acetylenes is 1. The summed E-state index contributed by atoms with van der Waals surface area (Å²) in [6.45, 7) is 5.92. The predicted molar refractivity (Wildman–Crippen MR) is 121 cm³/mol. The largest absolute Gasteiger partial charge is 0.389 e. The summed E-state index contributed by atoms with van der Waals surface area (Å²) in [5, 5.41) is 22.5. The van der Waals surface area contributed by atoms with E-state index >= 15 is 0 Å². The molecule has 0 aliphatic carbocycles. The predicted octanol–water partition coefficient (Wildman–Crippen LogP) is 2.43. The number of benzene rings is 1. The maximum Gasteiger partial charge on any atom is 0.193 e. The van der Waals surface area contributed by atoms with Crippen LogP contribution in [-0.4, -0.2) is 45.4 Å². The monoisotopic (exact) mass is 446 g/mol. The molecule has 3 N–H and O–H groups in total. The highest BCUT2D eigenvalue weighted by Gasteiger charge is 2.20. The first-order chi connectivity index (χ1) is 15.6. The fourth-order valence-electron chi connectivity index (χ4n) is 3.41. The van der Waals surface area contributed by atoms with Gasteiger partial charge in [-0.15, -0.1) is 11.5 Å². The molecule has 0 fully saturated rings. The van der Waals surface area contributed by atoms with E-state index in [-0.39, 0.29) is 23.0 Å². The molecule has 0 atom stereocenters. The van der Waals surface area contributed by atoms with E-state index in [1.165, 1.54) is 4.68 Å². The van der Waals surface area contributed by atoms with E-state index in [1.54, 1.807) is 49.1 Å². The lowest BCUT2D eigenvalue weighted by Crippen LogP contribution is -2.26. The number of aliphatic hydroxyl groups is 1. The number of halogens is 1. The minimum Gasteiger partial charge on any atom is -0.389 e. The third kappa shape index (κ3) is 4.73. The zero-order chi connectivity index (χ0) is 23.8. The van der Waals surface area contributed by atoms with E-state index in [4.69, 9.17) is 12.2 Å². The van der Waals surface area contributed by atoms with Crippen LogP contribution in [0.2, 0.25) is 0 Å². The standard InChI is InChI=1S/C23H23FN8O/c1-5-15-7-6-8-17(14(15)2)22-26-20(19(24)21(25)27-22)18-12-32(30-28-18)11-16-9-10-31(29-16)13-23(3,4)33/h1,6-10,12,33H,11,13H2,2-4H3,(H2,25,26,27). The van der Waals surface area contributed by atoms with Gasteiger partial charge in [0.05, 0.1) is 30.6 Å². The maximum atomic E-state index is 14.8. The van der Waals surface area contributed by atoms with Crippen molar-refractivity contribution in [2.24, 2.45) is 0 Å². The maximum absolute atomic E-state index is 14.8. The number of rotatable bonds is 6. The van der Waals surface area contributed by atoms with Gasteiger partial charge in [-0.2, -0.15) is 5.10 Å². The zero-order valence-electron chi connectivity index (χ0n) is 18.5. The van der Waals surface area contributed by atoms with Gasteiger partial charge in [-0.3, -0.25) is 4.68 Å². The van der Waals surface area contributed by atoms with Gasteiger partial charge in [0.2, 0.25) is 0 Å². The average Bonchev–Trinajstić information content (AvgIpc) is 3.38. The highest BCUT2D eigenvalue weighted by Crippen LogP contribution is 2.28. The van der Waals surface area contributed by atoms with E-state index in [9.17, 15) is 9.50 Å². The Morgan fingerprint density at radius 1 is 1.21 bits per heavy atom. The Kier molecular flexibility index (Phi) is 5.66. The van der Waals surface area contributed by atoms with Gasteiger partial charge in [-0.05, 0) is 38.5 Å². The molecule has 168 valence electrons. The highest BCUT2D eigenvalue weighted by molar-refractivity contribution is 5.69. The van der Waals surface area contributed by atoms with Gasteiger partial charge in [0.15, 0.2) is 17.5 Å². The van der Waals surface area contributed by atoms with Gasteiger partial charge in [-0.25, -0.2) is 19.0 Å². The van der Waals surface area contributed by atoms with Crippen molar-refractivity contribution in [1.82, 2.24) is 34.7 Å². The first kappa shape index (κ1) is 22.1. The number of hydrogen-bond donors (Lipinski definition) is 2. The average molecular weight is 446 g/mol. The van der Waals surface area contributed by atoms with Gasteiger partial charge in [0, 0.05) is 17.3 Å². The minimum atomic E-state index is -0.885. The summed E-state index contributed by atoms with van der Waals surface area (Å²) in [4.78, 5) is 8.48. The molecule has 4 aromatic rings. The first-order valence-electron chi connectivity index (χ1n) is 10.2. The van der Waals surface area contributed by atoms with Gasteiger partial charge >= 0.3 is 0 Å². The molecule has 0 spiro atoms. The summed E-state index contributed by atoms with van der Waals surface area (Å²) in [5.41, 5.74) is 7.97. The zero-order valence-corrected chi connectivity index (χ0v) is 18.5. The van der Waals surface area contributed by atoms with Crippen molar-refractivity contribution in [2.45, 2.75) is 39.5 Å². The molecule has 0 aliphatic heterocycles. The molecular formula is C23H23FN8O.